The van der Waals surface area contributed by atoms with E-state index in [2.05, 4.69) is 4.98 Å². The quantitative estimate of drug-likeness (QED) is 0.447. The number of nitrogens with one attached hydrogen (secondary N) is 1. The van der Waals surface area contributed by atoms with Gasteiger partial charge in [-0.3, -0.25) is 14.9 Å². The van der Waals surface area contributed by atoms with E-state index in [1.807, 2.05) is 24.3 Å². The molecule has 0 saturated carbocycles. The fourth-order valence-electron chi connectivity index (χ4n) is 2.39. The van der Waals surface area contributed by atoms with Crippen LogP contribution in [0.1, 0.15) is 10.5 Å². The number of rotatable bonds is 3. The Morgan fingerprint density at radius 1 is 1.05 bits per heavy atom. The maximum Gasteiger partial charge on any atom is 0.277 e. The topological polar surface area (TPSA) is 76.0 Å². The third-order valence-corrected chi connectivity index (χ3v) is 3.22. The highest BCUT2D eigenvalue weighted by molar-refractivity contribution is 6.05. The molecule has 0 unspecified atom stereocenters. The van der Waals surface area contributed by atoms with E-state index in [9.17, 15) is 14.9 Å². The van der Waals surface area contributed by atoms with Gasteiger partial charge in [-0.1, -0.05) is 30.3 Å². The van der Waals surface area contributed by atoms with Crippen molar-refractivity contribution < 1.29 is 9.72 Å². The Hall–Kier alpha value is -2.95. The van der Waals surface area contributed by atoms with Gasteiger partial charge in [0.05, 0.1) is 16.2 Å². The van der Waals surface area contributed by atoms with E-state index in [4.69, 9.17) is 0 Å². The Labute approximate surface area is 114 Å². The van der Waals surface area contributed by atoms with Gasteiger partial charge < -0.3 is 4.98 Å². The van der Waals surface area contributed by atoms with Gasteiger partial charge in [-0.05, 0) is 12.1 Å². The van der Waals surface area contributed by atoms with Crippen molar-refractivity contribution in [1.82, 2.24) is 4.98 Å². The summed E-state index contributed by atoms with van der Waals surface area (Å²) in [5.41, 5.74) is 2.13. The van der Waals surface area contributed by atoms with Gasteiger partial charge in [0.15, 0.2) is 6.29 Å². The lowest BCUT2D eigenvalue weighted by atomic mass is 10.0. The molecule has 0 radical (unpaired) electrons. The molecule has 20 heavy (non-hydrogen) atoms. The number of hydrogen-bond donors (Lipinski definition) is 1. The number of para-hydroxylation sites is 2. The first-order valence-corrected chi connectivity index (χ1v) is 6.02. The first-order chi connectivity index (χ1) is 9.72. The molecule has 0 amide bonds. The average molecular weight is 266 g/mol. The lowest BCUT2D eigenvalue weighted by Crippen LogP contribution is -1.93. The third-order valence-electron chi connectivity index (χ3n) is 3.22. The molecular formula is C15H10N2O3. The van der Waals surface area contributed by atoms with E-state index in [1.54, 1.807) is 18.2 Å². The van der Waals surface area contributed by atoms with Gasteiger partial charge >= 0.3 is 0 Å². The van der Waals surface area contributed by atoms with Crippen LogP contribution in [-0.2, 0) is 0 Å². The number of nitro benzene ring substituents is 1. The number of H-pyrrole nitrogens is 1. The van der Waals surface area contributed by atoms with Gasteiger partial charge in [-0.2, -0.15) is 0 Å². The van der Waals surface area contributed by atoms with Crippen molar-refractivity contribution >= 4 is 22.9 Å². The Bertz CT molecular complexity index is 821. The molecule has 5 nitrogen and oxygen atoms in total. The standard InChI is InChI=1S/C15H10N2O3/c18-9-13-15(10-5-1-3-7-12(10)16-13)11-6-2-4-8-14(11)17(19)20/h1-9,16H. The summed E-state index contributed by atoms with van der Waals surface area (Å²) in [6.45, 7) is 0. The van der Waals surface area contributed by atoms with Crippen LogP contribution in [0.5, 0.6) is 0 Å². The monoisotopic (exact) mass is 266 g/mol. The molecule has 0 fully saturated rings. The van der Waals surface area contributed by atoms with Crippen LogP contribution in [0, 0.1) is 10.1 Å². The molecule has 0 saturated heterocycles. The van der Waals surface area contributed by atoms with Gasteiger partial charge in [-0.15, -0.1) is 0 Å². The Kier molecular flexibility index (Phi) is 2.80. The number of hydrogen-bond acceptors (Lipinski definition) is 3. The summed E-state index contributed by atoms with van der Waals surface area (Å²) >= 11 is 0. The normalized spacial score (nSPS) is 10.6. The van der Waals surface area contributed by atoms with Crippen molar-refractivity contribution in [1.29, 1.82) is 0 Å². The molecule has 1 aromatic heterocycles. The predicted molar refractivity (Wildman–Crippen MR) is 75.8 cm³/mol. The second-order valence-electron chi connectivity index (χ2n) is 4.35. The van der Waals surface area contributed by atoms with Crippen LogP contribution in [0.3, 0.4) is 0 Å². The SMILES string of the molecule is O=Cc1[nH]c2ccccc2c1-c1ccccc1[N+](=O)[O-]. The smallest absolute Gasteiger partial charge is 0.277 e. The van der Waals surface area contributed by atoms with E-state index >= 15 is 0 Å². The molecule has 1 N–H and O–H groups in total. The van der Waals surface area contributed by atoms with Gasteiger partial charge in [0.25, 0.3) is 5.69 Å². The summed E-state index contributed by atoms with van der Waals surface area (Å²) in [5, 5.41) is 12.0. The van der Waals surface area contributed by atoms with Gasteiger partial charge in [0, 0.05) is 22.5 Å². The first kappa shape index (κ1) is 12.1. The minimum absolute atomic E-state index is 0.0136. The highest BCUT2D eigenvalue weighted by Crippen LogP contribution is 2.36. The van der Waals surface area contributed by atoms with Gasteiger partial charge in [0.2, 0.25) is 0 Å². The molecule has 0 spiro atoms. The van der Waals surface area contributed by atoms with Crippen LogP contribution in [0.25, 0.3) is 22.0 Å². The van der Waals surface area contributed by atoms with Crippen molar-refractivity contribution in [3.63, 3.8) is 0 Å². The van der Waals surface area contributed by atoms with Crippen LogP contribution in [0.2, 0.25) is 0 Å². The Morgan fingerprint density at radius 2 is 1.75 bits per heavy atom. The molecule has 0 atom stereocenters. The zero-order chi connectivity index (χ0) is 14.1. The average Bonchev–Trinajstić information content (AvgIpc) is 2.85. The molecular weight excluding hydrogens is 256 g/mol. The van der Waals surface area contributed by atoms with E-state index < -0.39 is 4.92 Å². The molecule has 0 aliphatic rings. The van der Waals surface area contributed by atoms with Crippen LogP contribution < -0.4 is 0 Å². The predicted octanol–water partition coefficient (Wildman–Crippen LogP) is 3.56. The zero-order valence-electron chi connectivity index (χ0n) is 10.4. The van der Waals surface area contributed by atoms with Crippen molar-refractivity contribution in [2.75, 3.05) is 0 Å². The van der Waals surface area contributed by atoms with Gasteiger partial charge in [-0.25, -0.2) is 0 Å². The van der Waals surface area contributed by atoms with E-state index in [0.29, 0.717) is 23.1 Å². The third kappa shape index (κ3) is 1.76. The van der Waals surface area contributed by atoms with Crippen LogP contribution >= 0.6 is 0 Å². The highest BCUT2D eigenvalue weighted by atomic mass is 16.6. The van der Waals surface area contributed by atoms with Crippen LogP contribution in [0.4, 0.5) is 5.69 Å². The molecule has 98 valence electrons. The minimum atomic E-state index is -0.439. The second-order valence-corrected chi connectivity index (χ2v) is 4.35. The molecule has 5 heteroatoms. The zero-order valence-corrected chi connectivity index (χ0v) is 10.4. The number of fused-ring (bicyclic) bond motifs is 1. The Balaban J connectivity index is 2.40. The summed E-state index contributed by atoms with van der Waals surface area (Å²) in [7, 11) is 0. The number of aldehydes is 1. The lowest BCUT2D eigenvalue weighted by molar-refractivity contribution is -0.384. The fourth-order valence-corrected chi connectivity index (χ4v) is 2.39. The summed E-state index contributed by atoms with van der Waals surface area (Å²) in [5.74, 6) is 0. The molecule has 2 aromatic carbocycles. The molecule has 0 bridgehead atoms. The maximum atomic E-state index is 11.3. The fraction of sp³-hybridized carbons (Fsp3) is 0. The van der Waals surface area contributed by atoms with Crippen molar-refractivity contribution in [3.8, 4) is 11.1 Å². The largest absolute Gasteiger partial charge is 0.352 e. The first-order valence-electron chi connectivity index (χ1n) is 6.02. The summed E-state index contributed by atoms with van der Waals surface area (Å²) in [6, 6.07) is 13.8. The molecule has 0 aliphatic heterocycles. The van der Waals surface area contributed by atoms with Crippen molar-refractivity contribution in [2.24, 2.45) is 0 Å². The molecule has 1 heterocycles. The van der Waals surface area contributed by atoms with E-state index in [-0.39, 0.29) is 5.69 Å². The van der Waals surface area contributed by atoms with Crippen LogP contribution in [-0.4, -0.2) is 16.2 Å². The number of aromatic nitrogens is 1. The van der Waals surface area contributed by atoms with E-state index in [1.165, 1.54) is 6.07 Å². The summed E-state index contributed by atoms with van der Waals surface area (Å²) in [6.07, 6.45) is 0.687. The molecule has 3 rings (SSSR count). The van der Waals surface area contributed by atoms with Crippen LogP contribution in [0.15, 0.2) is 48.5 Å². The second kappa shape index (κ2) is 4.62. The summed E-state index contributed by atoms with van der Waals surface area (Å²) < 4.78 is 0. The van der Waals surface area contributed by atoms with Crippen molar-refractivity contribution in [2.45, 2.75) is 0 Å². The molecule has 0 aliphatic carbocycles. The molecule has 3 aromatic rings. The summed E-state index contributed by atoms with van der Waals surface area (Å²) in [4.78, 5) is 25.0. The minimum Gasteiger partial charge on any atom is -0.352 e. The lowest BCUT2D eigenvalue weighted by Gasteiger charge is -2.02. The Morgan fingerprint density at radius 3 is 2.50 bits per heavy atom. The number of nitrogens with zero attached hydrogens (tertiary/aromatic N) is 1. The number of benzene rings is 2. The number of aromatic amines is 1. The van der Waals surface area contributed by atoms with E-state index in [0.717, 1.165) is 10.9 Å². The number of carbonyl (C=O) groups is 1. The van der Waals surface area contributed by atoms with Crippen molar-refractivity contribution in [3.05, 3.63) is 64.3 Å². The maximum absolute atomic E-state index is 11.3. The number of nitro groups is 1. The highest BCUT2D eigenvalue weighted by Gasteiger charge is 2.20. The van der Waals surface area contributed by atoms with Gasteiger partial charge in [0.1, 0.15) is 0 Å². The number of carbonyl (C=O) groups excluding carboxylic acids is 1.